The number of aromatic hydroxyl groups is 1. The molecule has 0 aliphatic rings. The largest absolute Gasteiger partial charge is 0.506 e. The quantitative estimate of drug-likeness (QED) is 0.455. The van der Waals surface area contributed by atoms with Gasteiger partial charge in [0.2, 0.25) is 0 Å². The Morgan fingerprint density at radius 2 is 1.83 bits per heavy atom. The number of benzene rings is 2. The molecule has 0 aliphatic heterocycles. The average Bonchev–Trinajstić information content (AvgIpc) is 2.60. The standard InChI is InChI=1S/C19H11NO4/c20-11-13-7-5-12(6-8-13)9-10-15(21)17-18(22)14-3-1-2-4-16(14)24-19(17)23/h1-10,22H/b10-9+. The molecule has 0 radical (unpaired) electrons. The minimum atomic E-state index is -0.888. The molecule has 0 aliphatic carbocycles. The van der Waals surface area contributed by atoms with E-state index >= 15 is 0 Å². The number of hydrogen-bond acceptors (Lipinski definition) is 5. The van der Waals surface area contributed by atoms with Gasteiger partial charge in [-0.15, -0.1) is 0 Å². The van der Waals surface area contributed by atoms with E-state index in [1.54, 1.807) is 42.5 Å². The Kier molecular flexibility index (Phi) is 3.96. The average molecular weight is 317 g/mol. The van der Waals surface area contributed by atoms with E-state index in [-0.39, 0.29) is 5.58 Å². The highest BCUT2D eigenvalue weighted by Crippen LogP contribution is 2.26. The van der Waals surface area contributed by atoms with Crippen molar-refractivity contribution < 1.29 is 14.3 Å². The van der Waals surface area contributed by atoms with Crippen LogP contribution in [0.3, 0.4) is 0 Å². The molecule has 0 spiro atoms. The summed E-state index contributed by atoms with van der Waals surface area (Å²) in [5.41, 5.74) is 0.116. The number of hydrogen-bond donors (Lipinski definition) is 1. The smallest absolute Gasteiger partial charge is 0.351 e. The number of ketones is 1. The number of para-hydroxylation sites is 1. The molecule has 0 atom stereocenters. The molecule has 2 aromatic carbocycles. The van der Waals surface area contributed by atoms with Gasteiger partial charge in [0.05, 0.1) is 17.0 Å². The second-order valence-corrected chi connectivity index (χ2v) is 5.04. The third-order valence-electron chi connectivity index (χ3n) is 3.50. The molecule has 5 heteroatoms. The highest BCUT2D eigenvalue weighted by molar-refractivity contribution is 6.10. The Labute approximate surface area is 136 Å². The summed E-state index contributed by atoms with van der Waals surface area (Å²) in [6.45, 7) is 0. The van der Waals surface area contributed by atoms with Crippen molar-refractivity contribution in [2.75, 3.05) is 0 Å². The molecule has 5 nitrogen and oxygen atoms in total. The highest BCUT2D eigenvalue weighted by Gasteiger charge is 2.18. The van der Waals surface area contributed by atoms with Gasteiger partial charge in [-0.05, 0) is 35.9 Å². The van der Waals surface area contributed by atoms with Crippen LogP contribution in [0, 0.1) is 11.3 Å². The van der Waals surface area contributed by atoms with E-state index in [4.69, 9.17) is 9.68 Å². The van der Waals surface area contributed by atoms with Crippen molar-refractivity contribution in [1.82, 2.24) is 0 Å². The molecule has 1 heterocycles. The first-order chi connectivity index (χ1) is 11.6. The SMILES string of the molecule is N#Cc1ccc(/C=C/C(=O)c2c(O)c3ccccc3oc2=O)cc1. The number of carbonyl (C=O) groups is 1. The Morgan fingerprint density at radius 3 is 2.54 bits per heavy atom. The van der Waals surface area contributed by atoms with Gasteiger partial charge in [0.15, 0.2) is 5.78 Å². The summed E-state index contributed by atoms with van der Waals surface area (Å²) >= 11 is 0. The topological polar surface area (TPSA) is 91.3 Å². The maximum absolute atomic E-state index is 12.3. The highest BCUT2D eigenvalue weighted by atomic mass is 16.4. The van der Waals surface area contributed by atoms with Crippen LogP contribution in [0.4, 0.5) is 0 Å². The van der Waals surface area contributed by atoms with E-state index in [9.17, 15) is 14.7 Å². The van der Waals surface area contributed by atoms with Crippen LogP contribution in [0.25, 0.3) is 17.0 Å². The first kappa shape index (κ1) is 15.3. The van der Waals surface area contributed by atoms with Crippen LogP contribution in [0.5, 0.6) is 5.75 Å². The molecular weight excluding hydrogens is 306 g/mol. The molecule has 1 aromatic heterocycles. The van der Waals surface area contributed by atoms with Gasteiger partial charge >= 0.3 is 5.63 Å². The molecule has 0 bridgehead atoms. The zero-order valence-corrected chi connectivity index (χ0v) is 12.4. The molecule has 3 aromatic rings. The number of nitriles is 1. The van der Waals surface area contributed by atoms with Gasteiger partial charge in [-0.25, -0.2) is 4.79 Å². The van der Waals surface area contributed by atoms with E-state index in [2.05, 4.69) is 0 Å². The fourth-order valence-corrected chi connectivity index (χ4v) is 2.27. The number of fused-ring (bicyclic) bond motifs is 1. The zero-order valence-electron chi connectivity index (χ0n) is 12.4. The van der Waals surface area contributed by atoms with Gasteiger partial charge in [-0.3, -0.25) is 4.79 Å². The van der Waals surface area contributed by atoms with Gasteiger partial charge in [-0.1, -0.05) is 30.3 Å². The van der Waals surface area contributed by atoms with Crippen LogP contribution >= 0.6 is 0 Å². The lowest BCUT2D eigenvalue weighted by Crippen LogP contribution is -2.12. The number of carbonyl (C=O) groups excluding carboxylic acids is 1. The van der Waals surface area contributed by atoms with Crippen molar-refractivity contribution in [3.8, 4) is 11.8 Å². The molecule has 0 saturated carbocycles. The minimum Gasteiger partial charge on any atom is -0.506 e. The van der Waals surface area contributed by atoms with Crippen molar-refractivity contribution in [3.05, 3.63) is 81.7 Å². The summed E-state index contributed by atoms with van der Waals surface area (Å²) in [7, 11) is 0. The fraction of sp³-hybridized carbons (Fsp3) is 0. The first-order valence-electron chi connectivity index (χ1n) is 7.07. The summed E-state index contributed by atoms with van der Waals surface area (Å²) < 4.78 is 5.07. The van der Waals surface area contributed by atoms with E-state index in [1.165, 1.54) is 18.2 Å². The molecule has 116 valence electrons. The summed E-state index contributed by atoms with van der Waals surface area (Å²) in [4.78, 5) is 24.2. The second-order valence-electron chi connectivity index (χ2n) is 5.04. The van der Waals surface area contributed by atoms with E-state index < -0.39 is 22.7 Å². The molecular formula is C19H11NO4. The predicted molar refractivity (Wildman–Crippen MR) is 88.7 cm³/mol. The van der Waals surface area contributed by atoms with Crippen molar-refractivity contribution in [1.29, 1.82) is 5.26 Å². The lowest BCUT2D eigenvalue weighted by Gasteiger charge is -2.03. The van der Waals surface area contributed by atoms with Crippen LogP contribution in [-0.2, 0) is 0 Å². The third-order valence-corrected chi connectivity index (χ3v) is 3.50. The maximum atomic E-state index is 12.3. The van der Waals surface area contributed by atoms with Crippen molar-refractivity contribution in [2.24, 2.45) is 0 Å². The van der Waals surface area contributed by atoms with E-state index in [0.29, 0.717) is 16.5 Å². The summed E-state index contributed by atoms with van der Waals surface area (Å²) in [5.74, 6) is -1.05. The second kappa shape index (κ2) is 6.23. The van der Waals surface area contributed by atoms with Gasteiger partial charge < -0.3 is 9.52 Å². The lowest BCUT2D eigenvalue weighted by atomic mass is 10.1. The lowest BCUT2D eigenvalue weighted by molar-refractivity contribution is 0.104. The van der Waals surface area contributed by atoms with Gasteiger partial charge in [0.1, 0.15) is 16.9 Å². The number of rotatable bonds is 3. The van der Waals surface area contributed by atoms with Crippen molar-refractivity contribution >= 4 is 22.8 Å². The zero-order chi connectivity index (χ0) is 17.1. The minimum absolute atomic E-state index is 0.215. The van der Waals surface area contributed by atoms with Gasteiger partial charge in [-0.2, -0.15) is 5.26 Å². The molecule has 1 N–H and O–H groups in total. The van der Waals surface area contributed by atoms with E-state index in [0.717, 1.165) is 0 Å². The normalized spacial score (nSPS) is 10.8. The van der Waals surface area contributed by atoms with Crippen LogP contribution in [0.1, 0.15) is 21.5 Å². The van der Waals surface area contributed by atoms with Crippen molar-refractivity contribution in [2.45, 2.75) is 0 Å². The van der Waals surface area contributed by atoms with E-state index in [1.807, 2.05) is 6.07 Å². The summed E-state index contributed by atoms with van der Waals surface area (Å²) in [5, 5.41) is 19.3. The van der Waals surface area contributed by atoms with Crippen LogP contribution in [-0.4, -0.2) is 10.9 Å². The summed E-state index contributed by atoms with van der Waals surface area (Å²) in [6.07, 6.45) is 2.68. The molecule has 0 unspecified atom stereocenters. The number of nitrogens with zero attached hydrogens (tertiary/aromatic N) is 1. The molecule has 24 heavy (non-hydrogen) atoms. The predicted octanol–water partition coefficient (Wildman–Crippen LogP) is 3.27. The maximum Gasteiger partial charge on any atom is 0.351 e. The summed E-state index contributed by atoms with van der Waals surface area (Å²) in [6, 6.07) is 15.0. The molecule has 0 fully saturated rings. The van der Waals surface area contributed by atoms with Crippen LogP contribution in [0.2, 0.25) is 0 Å². The number of allylic oxidation sites excluding steroid dienone is 1. The first-order valence-corrected chi connectivity index (χ1v) is 7.07. The van der Waals surface area contributed by atoms with Gasteiger partial charge in [0.25, 0.3) is 0 Å². The van der Waals surface area contributed by atoms with Crippen LogP contribution in [0.15, 0.2) is 63.8 Å². The Bertz CT molecular complexity index is 1050. The van der Waals surface area contributed by atoms with Crippen LogP contribution < -0.4 is 5.63 Å². The molecule has 0 saturated heterocycles. The third kappa shape index (κ3) is 2.81. The molecule has 0 amide bonds. The van der Waals surface area contributed by atoms with Crippen molar-refractivity contribution in [3.63, 3.8) is 0 Å². The Balaban J connectivity index is 1.98. The Hall–Kier alpha value is -3.65. The monoisotopic (exact) mass is 317 g/mol. The Morgan fingerprint density at radius 1 is 1.12 bits per heavy atom. The molecule has 3 rings (SSSR count). The van der Waals surface area contributed by atoms with Gasteiger partial charge in [0, 0.05) is 0 Å². The fourth-order valence-electron chi connectivity index (χ4n) is 2.27.